The number of nitrogens with two attached hydrogens (primary N) is 1. The van der Waals surface area contributed by atoms with E-state index in [0.717, 1.165) is 32.1 Å². The van der Waals surface area contributed by atoms with E-state index >= 15 is 0 Å². The molecule has 3 amide bonds. The summed E-state index contributed by atoms with van der Waals surface area (Å²) < 4.78 is 0. The first-order valence-corrected chi connectivity index (χ1v) is 5.40. The van der Waals surface area contributed by atoms with Gasteiger partial charge < -0.3 is 16.4 Å². The third-order valence-corrected chi connectivity index (χ3v) is 2.11. The summed E-state index contributed by atoms with van der Waals surface area (Å²) in [6.45, 7) is 0.704. The number of hydrogen-bond donors (Lipinski definition) is 3. The zero-order chi connectivity index (χ0) is 11.5. The molecule has 0 unspecified atom stereocenters. The van der Waals surface area contributed by atoms with Crippen LogP contribution in [0.15, 0.2) is 0 Å². The summed E-state index contributed by atoms with van der Waals surface area (Å²) in [4.78, 5) is 21.2. The normalized spacial score (nSPS) is 9.67. The second-order valence-corrected chi connectivity index (χ2v) is 3.49. The highest BCUT2D eigenvalue weighted by atomic mass is 16.2. The number of unbranched alkanes of at least 4 members (excludes halogenated alkanes) is 4. The second-order valence-electron chi connectivity index (χ2n) is 3.49. The second kappa shape index (κ2) is 9.30. The van der Waals surface area contributed by atoms with Crippen molar-refractivity contribution >= 4 is 11.9 Å². The molecule has 0 atom stereocenters. The maximum absolute atomic E-state index is 10.7. The topological polar surface area (TPSA) is 84.2 Å². The average Bonchev–Trinajstić information content (AvgIpc) is 2.21. The molecule has 0 aliphatic heterocycles. The van der Waals surface area contributed by atoms with Gasteiger partial charge in [-0.15, -0.1) is 0 Å². The largest absolute Gasteiger partial charge is 0.370 e. The first-order valence-electron chi connectivity index (χ1n) is 5.40. The minimum absolute atomic E-state index is 0.135. The fraction of sp³-hybridized carbons (Fsp3) is 0.800. The number of amides is 3. The molecule has 0 fully saturated rings. The molecule has 5 heteroatoms. The molecule has 0 saturated carbocycles. The lowest BCUT2D eigenvalue weighted by Crippen LogP contribution is -2.33. The summed E-state index contributed by atoms with van der Waals surface area (Å²) in [5.41, 5.74) is 5.01. The Morgan fingerprint density at radius 1 is 1.07 bits per heavy atom. The number of primary amides is 1. The third kappa shape index (κ3) is 10.7. The highest BCUT2D eigenvalue weighted by Crippen LogP contribution is 2.04. The monoisotopic (exact) mass is 215 g/mol. The van der Waals surface area contributed by atoms with Gasteiger partial charge in [-0.1, -0.05) is 19.3 Å². The van der Waals surface area contributed by atoms with Gasteiger partial charge in [0.25, 0.3) is 0 Å². The van der Waals surface area contributed by atoms with Crippen LogP contribution in [0.25, 0.3) is 0 Å². The lowest BCUT2D eigenvalue weighted by atomic mass is 10.1. The van der Waals surface area contributed by atoms with E-state index in [4.69, 9.17) is 5.73 Å². The van der Waals surface area contributed by atoms with Crippen molar-refractivity contribution in [3.8, 4) is 0 Å². The van der Waals surface area contributed by atoms with Crippen LogP contribution in [0.2, 0.25) is 0 Å². The van der Waals surface area contributed by atoms with Gasteiger partial charge >= 0.3 is 6.03 Å². The van der Waals surface area contributed by atoms with Crippen LogP contribution < -0.4 is 16.4 Å². The third-order valence-electron chi connectivity index (χ3n) is 2.11. The molecule has 0 saturated heterocycles. The average molecular weight is 215 g/mol. The zero-order valence-electron chi connectivity index (χ0n) is 9.34. The Kier molecular flexibility index (Phi) is 8.52. The maximum atomic E-state index is 10.7. The number of carbonyl (C=O) groups excluding carboxylic acids is 2. The van der Waals surface area contributed by atoms with Crippen LogP contribution in [-0.4, -0.2) is 25.5 Å². The highest BCUT2D eigenvalue weighted by Gasteiger charge is 1.96. The van der Waals surface area contributed by atoms with Crippen LogP contribution in [-0.2, 0) is 4.79 Å². The quantitative estimate of drug-likeness (QED) is 0.522. The molecule has 0 aromatic heterocycles. The van der Waals surface area contributed by atoms with Crippen molar-refractivity contribution < 1.29 is 9.59 Å². The molecule has 0 aliphatic carbocycles. The molecule has 0 aliphatic rings. The minimum atomic E-state index is -0.226. The zero-order valence-corrected chi connectivity index (χ0v) is 9.34. The van der Waals surface area contributed by atoms with Crippen molar-refractivity contribution in [3.05, 3.63) is 0 Å². The Labute approximate surface area is 90.8 Å². The number of nitrogens with one attached hydrogen (secondary N) is 2. The van der Waals surface area contributed by atoms with E-state index in [1.165, 1.54) is 0 Å². The first-order chi connectivity index (χ1) is 7.16. The molecule has 0 aromatic carbocycles. The van der Waals surface area contributed by atoms with Crippen LogP contribution in [0.5, 0.6) is 0 Å². The standard InChI is InChI=1S/C10H21N3O2/c1-12-10(15)13-8-6-4-2-3-5-7-9(11)14/h2-8H2,1H3,(H2,11,14)(H2,12,13,15). The van der Waals surface area contributed by atoms with E-state index in [2.05, 4.69) is 10.6 Å². The molecule has 0 bridgehead atoms. The fourth-order valence-corrected chi connectivity index (χ4v) is 1.24. The molecule has 5 nitrogen and oxygen atoms in total. The van der Waals surface area contributed by atoms with Crippen molar-refractivity contribution in [2.24, 2.45) is 5.73 Å². The van der Waals surface area contributed by atoms with Gasteiger partial charge in [-0.3, -0.25) is 4.79 Å². The van der Waals surface area contributed by atoms with E-state index < -0.39 is 0 Å². The molecular formula is C10H21N3O2. The summed E-state index contributed by atoms with van der Waals surface area (Å²) in [6, 6.07) is -0.135. The van der Waals surface area contributed by atoms with Crippen molar-refractivity contribution in [1.82, 2.24) is 10.6 Å². The Bertz CT molecular complexity index is 195. The van der Waals surface area contributed by atoms with Gasteiger partial charge in [-0.05, 0) is 12.8 Å². The summed E-state index contributed by atoms with van der Waals surface area (Å²) in [5.74, 6) is -0.226. The molecule has 0 heterocycles. The Morgan fingerprint density at radius 3 is 2.27 bits per heavy atom. The van der Waals surface area contributed by atoms with Crippen molar-refractivity contribution in [2.45, 2.75) is 38.5 Å². The van der Waals surface area contributed by atoms with Crippen molar-refractivity contribution in [2.75, 3.05) is 13.6 Å². The van der Waals surface area contributed by atoms with Gasteiger partial charge in [0.2, 0.25) is 5.91 Å². The lowest BCUT2D eigenvalue weighted by molar-refractivity contribution is -0.118. The van der Waals surface area contributed by atoms with E-state index in [1.807, 2.05) is 0 Å². The first kappa shape index (κ1) is 13.7. The molecule has 0 rings (SSSR count). The maximum Gasteiger partial charge on any atom is 0.314 e. The molecule has 4 N–H and O–H groups in total. The molecular weight excluding hydrogens is 194 g/mol. The van der Waals surface area contributed by atoms with Gasteiger partial charge in [-0.2, -0.15) is 0 Å². The van der Waals surface area contributed by atoms with E-state index in [0.29, 0.717) is 13.0 Å². The predicted molar refractivity (Wildman–Crippen MR) is 59.4 cm³/mol. The van der Waals surface area contributed by atoms with E-state index in [9.17, 15) is 9.59 Å². The summed E-state index contributed by atoms with van der Waals surface area (Å²) in [7, 11) is 1.60. The highest BCUT2D eigenvalue weighted by molar-refractivity contribution is 5.73. The van der Waals surface area contributed by atoms with Crippen LogP contribution in [0.4, 0.5) is 4.79 Å². The molecule has 0 spiro atoms. The van der Waals surface area contributed by atoms with E-state index in [-0.39, 0.29) is 11.9 Å². The molecule has 15 heavy (non-hydrogen) atoms. The minimum Gasteiger partial charge on any atom is -0.370 e. The summed E-state index contributed by atoms with van der Waals surface area (Å²) >= 11 is 0. The fourth-order valence-electron chi connectivity index (χ4n) is 1.24. The molecule has 88 valence electrons. The van der Waals surface area contributed by atoms with Crippen LogP contribution in [0, 0.1) is 0 Å². The van der Waals surface area contributed by atoms with Gasteiger partial charge in [0.15, 0.2) is 0 Å². The SMILES string of the molecule is CNC(=O)NCCCCCCCC(N)=O. The number of carbonyl (C=O) groups is 2. The van der Waals surface area contributed by atoms with Crippen LogP contribution >= 0.6 is 0 Å². The molecule has 0 aromatic rings. The number of urea groups is 1. The Balaban J connectivity index is 3.05. The van der Waals surface area contributed by atoms with Gasteiger partial charge in [-0.25, -0.2) is 4.79 Å². The Hall–Kier alpha value is -1.26. The van der Waals surface area contributed by atoms with Gasteiger partial charge in [0, 0.05) is 20.0 Å². The Morgan fingerprint density at radius 2 is 1.67 bits per heavy atom. The van der Waals surface area contributed by atoms with Gasteiger partial charge in [0.05, 0.1) is 0 Å². The van der Waals surface area contributed by atoms with Crippen LogP contribution in [0.1, 0.15) is 38.5 Å². The van der Waals surface area contributed by atoms with E-state index in [1.54, 1.807) is 7.05 Å². The number of rotatable bonds is 8. The van der Waals surface area contributed by atoms with Gasteiger partial charge in [0.1, 0.15) is 0 Å². The smallest absolute Gasteiger partial charge is 0.314 e. The summed E-state index contributed by atoms with van der Waals surface area (Å²) in [6.07, 6.45) is 5.52. The van der Waals surface area contributed by atoms with Crippen molar-refractivity contribution in [1.29, 1.82) is 0 Å². The lowest BCUT2D eigenvalue weighted by Gasteiger charge is -2.03. The summed E-state index contributed by atoms with van der Waals surface area (Å²) in [5, 5.41) is 5.20. The number of hydrogen-bond acceptors (Lipinski definition) is 2. The van der Waals surface area contributed by atoms with Crippen LogP contribution in [0.3, 0.4) is 0 Å². The molecule has 0 radical (unpaired) electrons. The van der Waals surface area contributed by atoms with Crippen molar-refractivity contribution in [3.63, 3.8) is 0 Å². The predicted octanol–water partition coefficient (Wildman–Crippen LogP) is 0.741.